The largest absolute Gasteiger partial charge is 0.352 e. The number of hydrogen-bond acceptors (Lipinski definition) is 8. The van der Waals surface area contributed by atoms with Crippen molar-refractivity contribution in [2.75, 3.05) is 31.1 Å². The first-order chi connectivity index (χ1) is 13.7. The average molecular weight is 396 g/mol. The van der Waals surface area contributed by atoms with Crippen molar-refractivity contribution in [1.82, 2.24) is 35.1 Å². The Balaban J connectivity index is 1.43. The Bertz CT molecular complexity index is 1000. The van der Waals surface area contributed by atoms with Gasteiger partial charge in [0.25, 0.3) is 0 Å². The van der Waals surface area contributed by atoms with Crippen LogP contribution in [-0.2, 0) is 0 Å². The molecule has 4 rings (SSSR count). The minimum absolute atomic E-state index is 0.0207. The Labute approximate surface area is 167 Å². The van der Waals surface area contributed by atoms with Gasteiger partial charge < -0.3 is 4.90 Å². The van der Waals surface area contributed by atoms with E-state index in [-0.39, 0.29) is 6.04 Å². The van der Waals surface area contributed by atoms with Crippen molar-refractivity contribution in [2.45, 2.75) is 13.0 Å². The lowest BCUT2D eigenvalue weighted by Gasteiger charge is -2.37. The normalized spacial score (nSPS) is 16.0. The van der Waals surface area contributed by atoms with E-state index in [4.69, 9.17) is 11.6 Å². The summed E-state index contributed by atoms with van der Waals surface area (Å²) in [4.78, 5) is 14.3. The van der Waals surface area contributed by atoms with Crippen LogP contribution >= 0.6 is 11.6 Å². The molecule has 1 aromatic carbocycles. The Morgan fingerprint density at radius 3 is 2.68 bits per heavy atom. The van der Waals surface area contributed by atoms with Crippen molar-refractivity contribution < 1.29 is 0 Å². The summed E-state index contributed by atoms with van der Waals surface area (Å²) in [5.41, 5.74) is 1.13. The van der Waals surface area contributed by atoms with Gasteiger partial charge in [-0.05, 0) is 30.3 Å². The molecule has 0 spiro atoms. The fourth-order valence-electron chi connectivity index (χ4n) is 3.23. The van der Waals surface area contributed by atoms with E-state index in [1.165, 1.54) is 11.0 Å². The number of anilines is 1. The summed E-state index contributed by atoms with van der Waals surface area (Å²) in [7, 11) is 0. The maximum atomic E-state index is 9.23. The highest BCUT2D eigenvalue weighted by Gasteiger charge is 2.26. The number of rotatable bonds is 4. The third-order valence-electron chi connectivity index (χ3n) is 4.79. The molecule has 9 nitrogen and oxygen atoms in total. The van der Waals surface area contributed by atoms with Crippen LogP contribution in [0.2, 0.25) is 5.02 Å². The third kappa shape index (κ3) is 3.65. The highest BCUT2D eigenvalue weighted by Crippen LogP contribution is 2.22. The molecule has 3 aromatic rings. The number of benzene rings is 1. The standard InChI is InChI=1S/C18H18ClN9/c1-13(17-23-25-28(24-17)15-4-2-3-14(19)11-15)26-7-9-27(10-8-26)18-16(12-20)21-5-6-22-18/h2-6,11,13H,7-10H2,1H3. The van der Waals surface area contributed by atoms with Crippen molar-refractivity contribution in [1.29, 1.82) is 5.26 Å². The van der Waals surface area contributed by atoms with Gasteiger partial charge in [0.1, 0.15) is 6.07 Å². The number of piperazine rings is 1. The summed E-state index contributed by atoms with van der Waals surface area (Å²) in [6, 6.07) is 9.46. The molecule has 1 saturated heterocycles. The molecule has 1 atom stereocenters. The lowest BCUT2D eigenvalue weighted by atomic mass is 10.2. The highest BCUT2D eigenvalue weighted by molar-refractivity contribution is 6.30. The minimum atomic E-state index is 0.0207. The van der Waals surface area contributed by atoms with Gasteiger partial charge in [-0.3, -0.25) is 4.90 Å². The fraction of sp³-hybridized carbons (Fsp3) is 0.333. The van der Waals surface area contributed by atoms with Gasteiger partial charge in [0.05, 0.1) is 11.7 Å². The number of nitriles is 1. The van der Waals surface area contributed by atoms with Crippen molar-refractivity contribution in [3.63, 3.8) is 0 Å². The fourth-order valence-corrected chi connectivity index (χ4v) is 3.41. The van der Waals surface area contributed by atoms with E-state index in [9.17, 15) is 5.26 Å². The van der Waals surface area contributed by atoms with Crippen molar-refractivity contribution in [3.8, 4) is 11.8 Å². The molecule has 142 valence electrons. The van der Waals surface area contributed by atoms with Gasteiger partial charge >= 0.3 is 0 Å². The van der Waals surface area contributed by atoms with Gasteiger partial charge in [-0.1, -0.05) is 17.7 Å². The first kappa shape index (κ1) is 18.3. The van der Waals surface area contributed by atoms with Crippen molar-refractivity contribution in [3.05, 3.63) is 53.2 Å². The van der Waals surface area contributed by atoms with Crippen LogP contribution in [0.1, 0.15) is 24.5 Å². The van der Waals surface area contributed by atoms with E-state index in [0.29, 0.717) is 22.4 Å². The molecular formula is C18H18ClN9. The van der Waals surface area contributed by atoms with E-state index < -0.39 is 0 Å². The van der Waals surface area contributed by atoms with Crippen LogP contribution in [0.25, 0.3) is 5.69 Å². The number of nitrogens with zero attached hydrogens (tertiary/aromatic N) is 9. The molecule has 0 aliphatic carbocycles. The maximum Gasteiger partial charge on any atom is 0.192 e. The zero-order valence-corrected chi connectivity index (χ0v) is 16.0. The predicted octanol–water partition coefficient (Wildman–Crippen LogP) is 1.86. The van der Waals surface area contributed by atoms with E-state index >= 15 is 0 Å². The van der Waals surface area contributed by atoms with Gasteiger partial charge in [-0.15, -0.1) is 15.0 Å². The molecule has 3 heterocycles. The molecule has 1 aliphatic rings. The molecule has 2 aromatic heterocycles. The highest BCUT2D eigenvalue weighted by atomic mass is 35.5. The number of halogens is 1. The molecule has 0 amide bonds. The zero-order valence-electron chi connectivity index (χ0n) is 15.3. The zero-order chi connectivity index (χ0) is 19.5. The number of tetrazole rings is 1. The molecule has 10 heteroatoms. The summed E-state index contributed by atoms with van der Waals surface area (Å²) < 4.78 is 0. The molecule has 1 aliphatic heterocycles. The van der Waals surface area contributed by atoms with Crippen molar-refractivity contribution in [2.24, 2.45) is 0 Å². The van der Waals surface area contributed by atoms with Crippen molar-refractivity contribution >= 4 is 17.4 Å². The molecule has 0 N–H and O–H groups in total. The summed E-state index contributed by atoms with van der Waals surface area (Å²) in [6.07, 6.45) is 3.15. The van der Waals surface area contributed by atoms with Gasteiger partial charge in [-0.25, -0.2) is 9.97 Å². The predicted molar refractivity (Wildman–Crippen MR) is 103 cm³/mol. The topological polar surface area (TPSA) is 99.7 Å². The van der Waals surface area contributed by atoms with Gasteiger partial charge in [-0.2, -0.15) is 5.26 Å². The minimum Gasteiger partial charge on any atom is -0.352 e. The number of hydrogen-bond donors (Lipinski definition) is 0. The van der Waals surface area contributed by atoms with Crippen LogP contribution in [0.4, 0.5) is 5.82 Å². The van der Waals surface area contributed by atoms with Gasteiger partial charge in [0.2, 0.25) is 0 Å². The average Bonchev–Trinajstić information content (AvgIpc) is 3.24. The van der Waals surface area contributed by atoms with Crippen LogP contribution in [-0.4, -0.2) is 61.3 Å². The first-order valence-corrected chi connectivity index (χ1v) is 9.29. The van der Waals surface area contributed by atoms with Crippen LogP contribution in [0.15, 0.2) is 36.7 Å². The smallest absolute Gasteiger partial charge is 0.192 e. The summed E-state index contributed by atoms with van der Waals surface area (Å²) in [5.74, 6) is 1.30. The molecule has 0 radical (unpaired) electrons. The summed E-state index contributed by atoms with van der Waals surface area (Å²) in [6.45, 7) is 5.17. The van der Waals surface area contributed by atoms with Gasteiger partial charge in [0, 0.05) is 43.6 Å². The second-order valence-corrected chi connectivity index (χ2v) is 6.89. The molecule has 1 unspecified atom stereocenters. The molecular weight excluding hydrogens is 378 g/mol. The molecule has 0 saturated carbocycles. The second-order valence-electron chi connectivity index (χ2n) is 6.46. The van der Waals surface area contributed by atoms with E-state index in [1.807, 2.05) is 12.1 Å². The van der Waals surface area contributed by atoms with Crippen LogP contribution in [0, 0.1) is 11.3 Å². The Kier molecular flexibility index (Phi) is 5.14. The monoisotopic (exact) mass is 395 g/mol. The maximum absolute atomic E-state index is 9.23. The lowest BCUT2D eigenvalue weighted by Crippen LogP contribution is -2.48. The molecule has 0 bridgehead atoms. The molecule has 28 heavy (non-hydrogen) atoms. The van der Waals surface area contributed by atoms with E-state index in [1.54, 1.807) is 18.3 Å². The van der Waals surface area contributed by atoms with Crippen LogP contribution in [0.3, 0.4) is 0 Å². The van der Waals surface area contributed by atoms with Crippen LogP contribution in [0.5, 0.6) is 0 Å². The summed E-state index contributed by atoms with van der Waals surface area (Å²) >= 11 is 6.04. The van der Waals surface area contributed by atoms with E-state index in [0.717, 1.165) is 31.9 Å². The number of aromatic nitrogens is 6. The Hall–Kier alpha value is -3.09. The van der Waals surface area contributed by atoms with Gasteiger partial charge in [0.15, 0.2) is 17.3 Å². The lowest BCUT2D eigenvalue weighted by molar-refractivity contribution is 0.191. The van der Waals surface area contributed by atoms with Crippen LogP contribution < -0.4 is 4.90 Å². The SMILES string of the molecule is CC(c1nnn(-c2cccc(Cl)c2)n1)N1CCN(c2nccnc2C#N)CC1. The third-order valence-corrected chi connectivity index (χ3v) is 5.02. The Morgan fingerprint density at radius 1 is 1.14 bits per heavy atom. The van der Waals surface area contributed by atoms with E-state index in [2.05, 4.69) is 48.2 Å². The summed E-state index contributed by atoms with van der Waals surface area (Å²) in [5, 5.41) is 22.7. The Morgan fingerprint density at radius 2 is 1.93 bits per heavy atom. The second kappa shape index (κ2) is 7.88. The first-order valence-electron chi connectivity index (χ1n) is 8.91. The molecule has 1 fully saturated rings. The quantitative estimate of drug-likeness (QED) is 0.660.